The van der Waals surface area contributed by atoms with Crippen molar-refractivity contribution in [2.24, 2.45) is 0 Å². The minimum absolute atomic E-state index is 1.12. The van der Waals surface area contributed by atoms with Gasteiger partial charge in [0.2, 0.25) is 0 Å². The summed E-state index contributed by atoms with van der Waals surface area (Å²) >= 11 is 3.73. The summed E-state index contributed by atoms with van der Waals surface area (Å²) in [6.07, 6.45) is 0. The fourth-order valence-electron chi connectivity index (χ4n) is 8.38. The highest BCUT2D eigenvalue weighted by molar-refractivity contribution is 7.26. The molecule has 2 aromatic heterocycles. The van der Waals surface area contributed by atoms with Crippen LogP contribution in [0.15, 0.2) is 200 Å². The monoisotopic (exact) mass is 735 g/mol. The van der Waals surface area contributed by atoms with Gasteiger partial charge in [-0.1, -0.05) is 152 Å². The number of hydrogen-bond donors (Lipinski definition) is 0. The van der Waals surface area contributed by atoms with Gasteiger partial charge in [-0.15, -0.1) is 22.7 Å². The lowest BCUT2D eigenvalue weighted by atomic mass is 9.91. The van der Waals surface area contributed by atoms with Crippen LogP contribution in [0.25, 0.3) is 84.5 Å². The highest BCUT2D eigenvalue weighted by Crippen LogP contribution is 2.48. The van der Waals surface area contributed by atoms with Crippen molar-refractivity contribution in [1.29, 1.82) is 0 Å². The highest BCUT2D eigenvalue weighted by atomic mass is 32.1. The quantitative estimate of drug-likeness (QED) is 0.164. The maximum Gasteiger partial charge on any atom is 0.0555 e. The Hall–Kier alpha value is -6.52. The molecule has 9 aromatic carbocycles. The van der Waals surface area contributed by atoms with Gasteiger partial charge in [-0.05, 0) is 87.1 Å². The van der Waals surface area contributed by atoms with Crippen LogP contribution in [0.1, 0.15) is 0 Å². The van der Waals surface area contributed by atoms with Crippen molar-refractivity contribution in [3.05, 3.63) is 200 Å². The first-order chi connectivity index (χ1) is 27.3. The van der Waals surface area contributed by atoms with Gasteiger partial charge < -0.3 is 4.90 Å². The SMILES string of the molecule is c1ccc(-c2cccc3ccccc23)c(-c2ccc(N(c3ccccc3-c3ccc4c(c3)sc3ccccc34)c3cccc4sc5ccccc5c34)cc2)c1. The van der Waals surface area contributed by atoms with E-state index in [4.69, 9.17) is 0 Å². The Morgan fingerprint density at radius 1 is 0.309 bits per heavy atom. The predicted molar refractivity (Wildman–Crippen MR) is 241 cm³/mol. The van der Waals surface area contributed by atoms with Gasteiger partial charge >= 0.3 is 0 Å². The van der Waals surface area contributed by atoms with E-state index in [-0.39, 0.29) is 0 Å². The van der Waals surface area contributed by atoms with Gasteiger partial charge in [0.25, 0.3) is 0 Å². The number of fused-ring (bicyclic) bond motifs is 7. The van der Waals surface area contributed by atoms with Gasteiger partial charge in [-0.2, -0.15) is 0 Å². The lowest BCUT2D eigenvalue weighted by molar-refractivity contribution is 1.30. The molecular weight excluding hydrogens is 703 g/mol. The first-order valence-electron chi connectivity index (χ1n) is 18.7. The molecule has 2 heterocycles. The second-order valence-electron chi connectivity index (χ2n) is 14.0. The molecule has 0 amide bonds. The summed E-state index contributed by atoms with van der Waals surface area (Å²) in [7, 11) is 0. The number of benzene rings is 9. The second kappa shape index (κ2) is 13.1. The Labute approximate surface area is 327 Å². The predicted octanol–water partition coefficient (Wildman–Crippen LogP) is 16.0. The topological polar surface area (TPSA) is 3.24 Å². The van der Waals surface area contributed by atoms with E-state index in [1.807, 2.05) is 22.7 Å². The zero-order valence-corrected chi connectivity index (χ0v) is 31.4. The summed E-state index contributed by atoms with van der Waals surface area (Å²) < 4.78 is 5.21. The molecule has 0 saturated carbocycles. The van der Waals surface area contributed by atoms with Crippen molar-refractivity contribution < 1.29 is 0 Å². The molecule has 3 heteroatoms. The molecule has 0 fully saturated rings. The summed E-state index contributed by atoms with van der Waals surface area (Å²) in [6.45, 7) is 0. The van der Waals surface area contributed by atoms with Crippen LogP contribution in [0, 0.1) is 0 Å². The van der Waals surface area contributed by atoms with Gasteiger partial charge in [0.15, 0.2) is 0 Å². The van der Waals surface area contributed by atoms with Crippen LogP contribution < -0.4 is 4.90 Å². The molecule has 11 aromatic rings. The van der Waals surface area contributed by atoms with Gasteiger partial charge in [0.1, 0.15) is 0 Å². The van der Waals surface area contributed by atoms with E-state index in [0.717, 1.165) is 11.4 Å². The Balaban J connectivity index is 1.10. The van der Waals surface area contributed by atoms with E-state index in [1.54, 1.807) is 0 Å². The lowest BCUT2D eigenvalue weighted by Crippen LogP contribution is -2.11. The molecule has 0 aliphatic carbocycles. The van der Waals surface area contributed by atoms with E-state index in [0.29, 0.717) is 0 Å². The van der Waals surface area contributed by atoms with Crippen molar-refractivity contribution >= 4 is 90.9 Å². The normalized spacial score (nSPS) is 11.6. The molecule has 0 aliphatic heterocycles. The standard InChI is InChI=1S/C52H33NS2/c1-2-15-38-34(13-1)14-11-21-42(38)41-18-4-3-16-39(41)35-27-30-37(31-28-35)53(47-23-12-26-50-52(47)45-20-7-10-25-49(45)54-50)46-22-8-5-17-40(46)36-29-32-44-43-19-6-9-24-48(43)55-51(44)33-36/h1-33H. The Kier molecular flexibility index (Phi) is 7.61. The highest BCUT2D eigenvalue weighted by Gasteiger charge is 2.22. The van der Waals surface area contributed by atoms with Crippen molar-refractivity contribution in [3.8, 4) is 33.4 Å². The first-order valence-corrected chi connectivity index (χ1v) is 20.3. The molecule has 258 valence electrons. The minimum atomic E-state index is 1.12. The third-order valence-electron chi connectivity index (χ3n) is 10.9. The molecule has 0 radical (unpaired) electrons. The number of hydrogen-bond acceptors (Lipinski definition) is 3. The van der Waals surface area contributed by atoms with Crippen LogP contribution in [0.3, 0.4) is 0 Å². The van der Waals surface area contributed by atoms with Gasteiger partial charge in [-0.25, -0.2) is 0 Å². The third kappa shape index (κ3) is 5.35. The molecule has 55 heavy (non-hydrogen) atoms. The molecule has 11 rings (SSSR count). The van der Waals surface area contributed by atoms with Crippen LogP contribution >= 0.6 is 22.7 Å². The summed E-state index contributed by atoms with van der Waals surface area (Å²) in [4.78, 5) is 2.48. The number of thiophene rings is 2. The fourth-order valence-corrected chi connectivity index (χ4v) is 10.6. The first kappa shape index (κ1) is 32.0. The van der Waals surface area contributed by atoms with Crippen molar-refractivity contribution in [3.63, 3.8) is 0 Å². The maximum atomic E-state index is 2.48. The zero-order valence-electron chi connectivity index (χ0n) is 29.8. The van der Waals surface area contributed by atoms with Gasteiger partial charge in [-0.3, -0.25) is 0 Å². The molecule has 0 N–H and O–H groups in total. The summed E-state index contributed by atoms with van der Waals surface area (Å²) in [5.41, 5.74) is 10.7. The third-order valence-corrected chi connectivity index (χ3v) is 13.2. The molecular formula is C52H33NS2. The summed E-state index contributed by atoms with van der Waals surface area (Å²) in [5, 5.41) is 7.72. The molecule has 1 nitrogen and oxygen atoms in total. The van der Waals surface area contributed by atoms with E-state index < -0.39 is 0 Å². The fraction of sp³-hybridized carbons (Fsp3) is 0. The largest absolute Gasteiger partial charge is 0.309 e. The lowest BCUT2D eigenvalue weighted by Gasteiger charge is -2.29. The second-order valence-corrected chi connectivity index (χ2v) is 16.2. The molecule has 0 spiro atoms. The van der Waals surface area contributed by atoms with Crippen LogP contribution in [-0.4, -0.2) is 0 Å². The summed E-state index contributed by atoms with van der Waals surface area (Å²) in [6, 6.07) is 73.4. The zero-order chi connectivity index (χ0) is 36.3. The average Bonchev–Trinajstić information content (AvgIpc) is 3.83. The van der Waals surface area contributed by atoms with Crippen LogP contribution in [0.2, 0.25) is 0 Å². The molecule has 0 saturated heterocycles. The number of rotatable bonds is 6. The van der Waals surface area contributed by atoms with Crippen LogP contribution in [0.5, 0.6) is 0 Å². The molecule has 0 aliphatic rings. The van der Waals surface area contributed by atoms with E-state index in [2.05, 4.69) is 205 Å². The number of anilines is 3. The van der Waals surface area contributed by atoms with E-state index in [1.165, 1.54) is 90.2 Å². The molecule has 0 unspecified atom stereocenters. The van der Waals surface area contributed by atoms with E-state index in [9.17, 15) is 0 Å². The Morgan fingerprint density at radius 3 is 1.71 bits per heavy atom. The van der Waals surface area contributed by atoms with Crippen molar-refractivity contribution in [2.75, 3.05) is 4.90 Å². The van der Waals surface area contributed by atoms with E-state index >= 15 is 0 Å². The van der Waals surface area contributed by atoms with Gasteiger partial charge in [0, 0.05) is 51.6 Å². The Bertz CT molecular complexity index is 3220. The number of para-hydroxylation sites is 1. The molecule has 0 bridgehead atoms. The maximum absolute atomic E-state index is 2.48. The Morgan fingerprint density at radius 2 is 0.855 bits per heavy atom. The minimum Gasteiger partial charge on any atom is -0.309 e. The van der Waals surface area contributed by atoms with Gasteiger partial charge in [0.05, 0.1) is 11.4 Å². The van der Waals surface area contributed by atoms with Crippen LogP contribution in [-0.2, 0) is 0 Å². The van der Waals surface area contributed by atoms with Crippen molar-refractivity contribution in [2.45, 2.75) is 0 Å². The number of nitrogens with zero attached hydrogens (tertiary/aromatic N) is 1. The van der Waals surface area contributed by atoms with Crippen molar-refractivity contribution in [1.82, 2.24) is 0 Å². The summed E-state index contributed by atoms with van der Waals surface area (Å²) in [5.74, 6) is 0. The smallest absolute Gasteiger partial charge is 0.0555 e. The average molecular weight is 736 g/mol. The molecule has 0 atom stereocenters. The van der Waals surface area contributed by atoms with Crippen LogP contribution in [0.4, 0.5) is 17.1 Å².